The topological polar surface area (TPSA) is 97.6 Å². The van der Waals surface area contributed by atoms with Crippen molar-refractivity contribution in [2.45, 2.75) is 56.7 Å². The second kappa shape index (κ2) is 12.0. The van der Waals surface area contributed by atoms with Crippen molar-refractivity contribution in [2.75, 3.05) is 32.8 Å². The predicted molar refractivity (Wildman–Crippen MR) is 168 cm³/mol. The van der Waals surface area contributed by atoms with E-state index in [1.165, 1.54) is 14.2 Å². The minimum atomic E-state index is -0.856. The first kappa shape index (κ1) is 29.2. The number of phenols is 2. The van der Waals surface area contributed by atoms with E-state index in [9.17, 15) is 15.3 Å². The van der Waals surface area contributed by atoms with Crippen molar-refractivity contribution >= 4 is 21.6 Å². The highest BCUT2D eigenvalue weighted by Gasteiger charge is 2.43. The Hall–Kier alpha value is -2.88. The fraction of sp³-hybridized carbons (Fsp3) is 0.455. The summed E-state index contributed by atoms with van der Waals surface area (Å²) < 4.78 is 23.5. The van der Waals surface area contributed by atoms with E-state index in [1.807, 2.05) is 29.0 Å². The van der Waals surface area contributed by atoms with E-state index in [2.05, 4.69) is 6.92 Å². The fourth-order valence-corrected chi connectivity index (χ4v) is 9.37. The van der Waals surface area contributed by atoms with E-state index in [4.69, 9.17) is 18.9 Å². The molecule has 0 fully saturated rings. The number of hydrogen-bond donors (Lipinski definition) is 3. The van der Waals surface area contributed by atoms with E-state index in [0.29, 0.717) is 28.7 Å². The van der Waals surface area contributed by atoms with Crippen molar-refractivity contribution < 1.29 is 34.3 Å². The number of benzene rings is 3. The van der Waals surface area contributed by atoms with Crippen LogP contribution in [0.15, 0.2) is 36.4 Å². The number of fused-ring (bicyclic) bond motifs is 4. The van der Waals surface area contributed by atoms with Crippen molar-refractivity contribution in [3.63, 3.8) is 0 Å². The lowest BCUT2D eigenvalue weighted by Crippen LogP contribution is -2.37. The van der Waals surface area contributed by atoms with Crippen LogP contribution in [0.25, 0.3) is 11.1 Å². The molecule has 2 heterocycles. The Balaban J connectivity index is 1.54. The molecule has 0 aromatic heterocycles. The normalized spacial score (nSPS) is 25.1. The van der Waals surface area contributed by atoms with Crippen molar-refractivity contribution in [1.82, 2.24) is 0 Å². The number of aromatic hydroxyl groups is 2. The van der Waals surface area contributed by atoms with Gasteiger partial charge in [0.2, 0.25) is 5.75 Å². The lowest BCUT2D eigenvalue weighted by Gasteiger charge is -2.41. The minimum absolute atomic E-state index is 0.0933. The highest BCUT2D eigenvalue weighted by Crippen LogP contribution is 2.56. The SMILES string of the molecule is COc1cc(C2Oc3cc(OC)c4c5c3C(CSSCCC(C)CCC(C5)c3cc(O)ccc3-4)C2O)cc(OC)c1O. The summed E-state index contributed by atoms with van der Waals surface area (Å²) in [4.78, 5) is 0. The molecule has 0 spiro atoms. The molecular weight excluding hydrogens is 572 g/mol. The standard InChI is InChI=1S/C33H38O7S2/c1-17-5-6-18-11-23-29(21-8-7-20(34)14-22(18)21)25(37-2)15-26-30(23)24(16-42-41-10-9-17)31(35)33(40-26)19-12-27(38-3)32(36)28(13-19)39-4/h7-8,12-15,17-18,24,31,33-36H,5-6,9-11,16H2,1-4H3. The molecule has 0 saturated carbocycles. The average molecular weight is 611 g/mol. The molecule has 3 N–H and O–H groups in total. The fourth-order valence-electron chi connectivity index (χ4n) is 6.78. The molecule has 0 saturated heterocycles. The third-order valence-electron chi connectivity index (χ3n) is 9.03. The molecule has 5 atom stereocenters. The number of aliphatic hydroxyl groups is 1. The van der Waals surface area contributed by atoms with Gasteiger partial charge in [-0.3, -0.25) is 0 Å². The first-order valence-electron chi connectivity index (χ1n) is 14.5. The highest BCUT2D eigenvalue weighted by atomic mass is 33.1. The smallest absolute Gasteiger partial charge is 0.200 e. The van der Waals surface area contributed by atoms with Crippen LogP contribution in [0.2, 0.25) is 0 Å². The lowest BCUT2D eigenvalue weighted by atomic mass is 9.71. The zero-order chi connectivity index (χ0) is 29.5. The zero-order valence-corrected chi connectivity index (χ0v) is 26.0. The molecule has 3 aliphatic rings. The van der Waals surface area contributed by atoms with E-state index >= 15 is 0 Å². The first-order chi connectivity index (χ1) is 20.3. The molecule has 3 aromatic rings. The van der Waals surface area contributed by atoms with Crippen LogP contribution in [-0.4, -0.2) is 54.3 Å². The third kappa shape index (κ3) is 5.13. The second-order valence-electron chi connectivity index (χ2n) is 11.5. The highest BCUT2D eigenvalue weighted by molar-refractivity contribution is 8.76. The van der Waals surface area contributed by atoms with Gasteiger partial charge in [-0.25, -0.2) is 0 Å². The predicted octanol–water partition coefficient (Wildman–Crippen LogP) is 7.21. The van der Waals surface area contributed by atoms with Gasteiger partial charge in [0.05, 0.1) is 21.3 Å². The number of ether oxygens (including phenoxy) is 4. The van der Waals surface area contributed by atoms with Crippen molar-refractivity contribution in [2.24, 2.45) is 5.92 Å². The van der Waals surface area contributed by atoms with Crippen LogP contribution in [-0.2, 0) is 6.42 Å². The molecule has 9 heteroatoms. The molecule has 3 aromatic carbocycles. The maximum absolute atomic E-state index is 12.1. The minimum Gasteiger partial charge on any atom is -0.508 e. The molecule has 224 valence electrons. The van der Waals surface area contributed by atoms with Crippen molar-refractivity contribution in [1.29, 1.82) is 0 Å². The number of hydrogen-bond acceptors (Lipinski definition) is 9. The number of aliphatic hydroxyl groups excluding tert-OH is 1. The van der Waals surface area contributed by atoms with Crippen LogP contribution in [0.5, 0.6) is 34.5 Å². The van der Waals surface area contributed by atoms with Gasteiger partial charge in [-0.1, -0.05) is 41.0 Å². The Labute approximate surface area is 254 Å². The molecule has 7 nitrogen and oxygen atoms in total. The van der Waals surface area contributed by atoms with E-state index in [-0.39, 0.29) is 34.8 Å². The maximum atomic E-state index is 12.1. The summed E-state index contributed by atoms with van der Waals surface area (Å²) in [5, 5.41) is 33.1. The summed E-state index contributed by atoms with van der Waals surface area (Å²) in [5.41, 5.74) is 6.11. The van der Waals surface area contributed by atoms with Crippen molar-refractivity contribution in [3.05, 3.63) is 58.7 Å². The molecule has 0 radical (unpaired) electrons. The van der Waals surface area contributed by atoms with Gasteiger partial charge in [0.15, 0.2) is 17.6 Å². The largest absolute Gasteiger partial charge is 0.508 e. The monoisotopic (exact) mass is 610 g/mol. The molecule has 42 heavy (non-hydrogen) atoms. The van der Waals surface area contributed by atoms with Crippen LogP contribution >= 0.6 is 21.6 Å². The summed E-state index contributed by atoms with van der Waals surface area (Å²) >= 11 is 0. The number of methoxy groups -OCH3 is 3. The van der Waals surface area contributed by atoms with Crippen molar-refractivity contribution in [3.8, 4) is 45.6 Å². The molecule has 0 amide bonds. The van der Waals surface area contributed by atoms with Gasteiger partial charge in [-0.2, -0.15) is 0 Å². The Morgan fingerprint density at radius 3 is 2.33 bits per heavy atom. The molecule has 6 rings (SSSR count). The van der Waals surface area contributed by atoms with Gasteiger partial charge in [0, 0.05) is 40.2 Å². The van der Waals surface area contributed by atoms with Gasteiger partial charge >= 0.3 is 0 Å². The first-order valence-corrected chi connectivity index (χ1v) is 16.9. The summed E-state index contributed by atoms with van der Waals surface area (Å²) in [7, 11) is 8.32. The third-order valence-corrected chi connectivity index (χ3v) is 11.5. The average Bonchev–Trinajstić information content (AvgIpc) is 3.00. The Kier molecular flexibility index (Phi) is 8.35. The molecule has 5 unspecified atom stereocenters. The summed E-state index contributed by atoms with van der Waals surface area (Å²) in [6.07, 6.45) is 2.49. The second-order valence-corrected chi connectivity index (χ2v) is 14.1. The Bertz CT molecular complexity index is 1450. The van der Waals surface area contributed by atoms with Crippen LogP contribution in [0.1, 0.15) is 66.4 Å². The quantitative estimate of drug-likeness (QED) is 0.265. The van der Waals surface area contributed by atoms with Crippen LogP contribution in [0.3, 0.4) is 0 Å². The van der Waals surface area contributed by atoms with Gasteiger partial charge in [-0.15, -0.1) is 0 Å². The van der Waals surface area contributed by atoms with E-state index in [0.717, 1.165) is 59.3 Å². The van der Waals surface area contributed by atoms with Crippen LogP contribution in [0, 0.1) is 5.92 Å². The van der Waals surface area contributed by atoms with E-state index < -0.39 is 12.2 Å². The molecule has 2 bridgehead atoms. The number of rotatable bonds is 4. The van der Waals surface area contributed by atoms with Gasteiger partial charge in [-0.05, 0) is 72.1 Å². The Morgan fingerprint density at radius 1 is 0.881 bits per heavy atom. The van der Waals surface area contributed by atoms with Gasteiger partial charge in [0.25, 0.3) is 0 Å². The van der Waals surface area contributed by atoms with Crippen LogP contribution in [0.4, 0.5) is 0 Å². The summed E-state index contributed by atoms with van der Waals surface area (Å²) in [5.74, 6) is 4.50. The zero-order valence-electron chi connectivity index (χ0n) is 24.4. The summed E-state index contributed by atoms with van der Waals surface area (Å²) in [6, 6.07) is 11.0. The Morgan fingerprint density at radius 2 is 1.62 bits per heavy atom. The maximum Gasteiger partial charge on any atom is 0.200 e. The van der Waals surface area contributed by atoms with E-state index in [1.54, 1.807) is 36.1 Å². The van der Waals surface area contributed by atoms with Crippen LogP contribution < -0.4 is 18.9 Å². The lowest BCUT2D eigenvalue weighted by molar-refractivity contribution is 0.00421. The summed E-state index contributed by atoms with van der Waals surface area (Å²) in [6.45, 7) is 2.33. The van der Waals surface area contributed by atoms with Gasteiger partial charge in [0.1, 0.15) is 23.4 Å². The molecule has 2 aliphatic heterocycles. The van der Waals surface area contributed by atoms with Gasteiger partial charge < -0.3 is 34.3 Å². The number of phenolic OH excluding ortho intramolecular Hbond substituents is 2. The molecule has 1 aliphatic carbocycles. The molecular formula is C33H38O7S2.